The summed E-state index contributed by atoms with van der Waals surface area (Å²) in [6, 6.07) is 2.85. The van der Waals surface area contributed by atoms with Crippen LogP contribution in [0.1, 0.15) is 31.9 Å². The van der Waals surface area contributed by atoms with Gasteiger partial charge in [-0.2, -0.15) is 13.2 Å². The van der Waals surface area contributed by atoms with E-state index in [4.69, 9.17) is 16.3 Å². The molecule has 0 radical (unpaired) electrons. The molecule has 1 aliphatic heterocycles. The fraction of sp³-hybridized carbons (Fsp3) is 0.438. The third-order valence-corrected chi connectivity index (χ3v) is 3.94. The Labute approximate surface area is 157 Å². The Morgan fingerprint density at radius 3 is 2.59 bits per heavy atom. The van der Waals surface area contributed by atoms with Gasteiger partial charge in [0.1, 0.15) is 5.75 Å². The summed E-state index contributed by atoms with van der Waals surface area (Å²) in [5.41, 5.74) is -0.410. The van der Waals surface area contributed by atoms with Crippen molar-refractivity contribution < 1.29 is 37.6 Å². The van der Waals surface area contributed by atoms with Crippen LogP contribution in [0.25, 0.3) is 6.08 Å². The summed E-state index contributed by atoms with van der Waals surface area (Å²) in [6.07, 6.45) is -6.40. The largest absolute Gasteiger partial charge is 0.599 e. The summed E-state index contributed by atoms with van der Waals surface area (Å²) in [7, 11) is 0. The lowest BCUT2D eigenvalue weighted by Crippen LogP contribution is -2.56. The normalized spacial score (nSPS) is 17.1. The van der Waals surface area contributed by atoms with E-state index in [-0.39, 0.29) is 11.3 Å². The van der Waals surface area contributed by atoms with Gasteiger partial charge in [-0.15, -0.1) is 0 Å². The maximum absolute atomic E-state index is 13.4. The van der Waals surface area contributed by atoms with Gasteiger partial charge in [0.05, 0.1) is 5.57 Å². The summed E-state index contributed by atoms with van der Waals surface area (Å²) in [5, 5.41) is 13.9. The maximum atomic E-state index is 13.4. The first-order chi connectivity index (χ1) is 12.4. The first kappa shape index (κ1) is 20.8. The number of nitrogens with one attached hydrogen (secondary N) is 1. The van der Waals surface area contributed by atoms with Crippen LogP contribution in [0.15, 0.2) is 23.0 Å². The van der Waals surface area contributed by atoms with Crippen molar-refractivity contribution in [3.63, 3.8) is 0 Å². The summed E-state index contributed by atoms with van der Waals surface area (Å²) in [4.78, 5) is 16.2. The highest BCUT2D eigenvalue weighted by molar-refractivity contribution is 6.31. The molecular weight excluding hydrogens is 393 g/mol. The van der Waals surface area contributed by atoms with Crippen molar-refractivity contribution >= 4 is 23.6 Å². The first-order valence-electron chi connectivity index (χ1n) is 7.60. The highest BCUT2D eigenvalue weighted by Gasteiger charge is 2.49. The van der Waals surface area contributed by atoms with Gasteiger partial charge in [0.25, 0.3) is 6.79 Å². The minimum Gasteiger partial charge on any atom is -0.599 e. The molecule has 27 heavy (non-hydrogen) atoms. The van der Waals surface area contributed by atoms with E-state index in [1.54, 1.807) is 0 Å². The third-order valence-electron chi connectivity index (χ3n) is 3.62. The molecule has 0 bridgehead atoms. The van der Waals surface area contributed by atoms with Gasteiger partial charge in [0.2, 0.25) is 11.4 Å². The second-order valence-corrected chi connectivity index (χ2v) is 7.03. The van der Waals surface area contributed by atoms with Crippen molar-refractivity contribution in [2.45, 2.75) is 38.5 Å². The van der Waals surface area contributed by atoms with Crippen molar-refractivity contribution in [3.8, 4) is 5.75 Å². The average molecular weight is 409 g/mol. The predicted molar refractivity (Wildman–Crippen MR) is 87.4 cm³/mol. The van der Waals surface area contributed by atoms with E-state index in [9.17, 15) is 23.2 Å². The molecule has 1 aliphatic rings. The zero-order chi connectivity index (χ0) is 20.4. The van der Waals surface area contributed by atoms with E-state index in [1.165, 1.54) is 12.1 Å². The van der Waals surface area contributed by atoms with E-state index in [0.717, 1.165) is 11.4 Å². The molecule has 148 valence electrons. The summed E-state index contributed by atoms with van der Waals surface area (Å²) in [6.45, 7) is 4.70. The van der Waals surface area contributed by atoms with Gasteiger partial charge in [-0.3, -0.25) is 0 Å². The van der Waals surface area contributed by atoms with E-state index >= 15 is 0 Å². The van der Waals surface area contributed by atoms with Crippen LogP contribution in [-0.4, -0.2) is 25.0 Å². The minimum atomic E-state index is -4.87. The number of carbonyl (C=O) groups excluding carboxylic acids is 1. The molecule has 0 fully saturated rings. The zero-order valence-corrected chi connectivity index (χ0v) is 15.3. The van der Waals surface area contributed by atoms with Gasteiger partial charge in [-0.05, 0) is 29.2 Å². The van der Waals surface area contributed by atoms with Crippen LogP contribution in [0.4, 0.5) is 13.2 Å². The minimum absolute atomic E-state index is 0.0509. The second-order valence-electron chi connectivity index (χ2n) is 6.62. The lowest BCUT2D eigenvalue weighted by atomic mass is 9.85. The van der Waals surface area contributed by atoms with E-state index in [2.05, 4.69) is 14.9 Å². The number of carbonyl (C=O) groups is 1. The number of nitrogens with zero attached hydrogens (tertiary/aromatic N) is 1. The molecule has 0 aromatic heterocycles. The number of fused-ring (bicyclic) bond motifs is 1. The van der Waals surface area contributed by atoms with Crippen LogP contribution in [0.3, 0.4) is 0 Å². The molecule has 1 N–H and O–H groups in total. The molecule has 1 unspecified atom stereocenters. The zero-order valence-electron chi connectivity index (χ0n) is 14.5. The highest BCUT2D eigenvalue weighted by atomic mass is 35.5. The topological polar surface area (TPSA) is 94.2 Å². The van der Waals surface area contributed by atoms with Gasteiger partial charge in [0, 0.05) is 10.6 Å². The molecule has 7 nitrogen and oxygen atoms in total. The van der Waals surface area contributed by atoms with Gasteiger partial charge in [0.15, 0.2) is 0 Å². The van der Waals surface area contributed by atoms with Crippen LogP contribution in [0, 0.1) is 5.21 Å². The molecule has 11 heteroatoms. The number of esters is 1. The average Bonchev–Trinajstić information content (AvgIpc) is 2.55. The number of alkyl halides is 3. The SMILES string of the molecule is CC(C)(C)c1cc2c(cc1Cl)C=C(C(=O)OCO/N=[NH+]\[O-])C(C(F)(F)F)O2. The first-order valence-corrected chi connectivity index (χ1v) is 7.98. The molecule has 0 aliphatic carbocycles. The van der Waals surface area contributed by atoms with Crippen molar-refractivity contribution in [1.29, 1.82) is 0 Å². The van der Waals surface area contributed by atoms with Crippen molar-refractivity contribution in [3.05, 3.63) is 39.1 Å². The highest BCUT2D eigenvalue weighted by Crippen LogP contribution is 2.42. The smallest absolute Gasteiger partial charge is 0.430 e. The van der Waals surface area contributed by atoms with Crippen LogP contribution in [0.2, 0.25) is 5.02 Å². The number of benzene rings is 1. The van der Waals surface area contributed by atoms with Crippen LogP contribution in [0.5, 0.6) is 5.75 Å². The maximum Gasteiger partial charge on any atom is 0.430 e. The van der Waals surface area contributed by atoms with Crippen LogP contribution in [-0.2, 0) is 19.8 Å². The van der Waals surface area contributed by atoms with E-state index < -0.39 is 36.0 Å². The molecular formula is C16H16ClF3N2O5. The molecule has 1 aromatic carbocycles. The summed E-state index contributed by atoms with van der Waals surface area (Å²) >= 11 is 6.23. The molecule has 1 heterocycles. The molecule has 0 amide bonds. The molecule has 0 spiro atoms. The quantitative estimate of drug-likeness (QED) is 0.272. The second kappa shape index (κ2) is 7.63. The Kier molecular flexibility index (Phi) is 5.88. The molecule has 1 atom stereocenters. The van der Waals surface area contributed by atoms with Gasteiger partial charge in [-0.1, -0.05) is 37.6 Å². The fourth-order valence-corrected chi connectivity index (χ4v) is 2.87. The molecule has 2 rings (SSSR count). The predicted octanol–water partition coefficient (Wildman–Crippen LogP) is 2.81. The molecule has 0 saturated carbocycles. The molecule has 1 aromatic rings. The van der Waals surface area contributed by atoms with Crippen LogP contribution >= 0.6 is 11.6 Å². The monoisotopic (exact) mass is 408 g/mol. The van der Waals surface area contributed by atoms with Gasteiger partial charge in [-0.25, -0.2) is 4.79 Å². The fourth-order valence-electron chi connectivity index (χ4n) is 2.42. The number of hydrogen-bond acceptors (Lipinski definition) is 6. The standard InChI is InChI=1S/C16H16ClF3N2O5/c1-15(2,3)10-6-12-8(5-11(10)17)4-9(13(27-12)16(18,19)20)14(23)25-7-26-22-21-24/h4-6,13,21H,7H2,1-3H3. The molecule has 0 saturated heterocycles. The van der Waals surface area contributed by atoms with Crippen molar-refractivity contribution in [2.24, 2.45) is 5.28 Å². The Bertz CT molecular complexity index is 787. The van der Waals surface area contributed by atoms with E-state index in [1.807, 2.05) is 20.8 Å². The summed E-state index contributed by atoms with van der Waals surface area (Å²) in [5.74, 6) is -1.38. The number of ether oxygens (including phenoxy) is 2. The lowest BCUT2D eigenvalue weighted by molar-refractivity contribution is -0.498. The number of halogens is 4. The lowest BCUT2D eigenvalue weighted by Gasteiger charge is -2.30. The van der Waals surface area contributed by atoms with Crippen molar-refractivity contribution in [2.75, 3.05) is 6.79 Å². The van der Waals surface area contributed by atoms with Crippen molar-refractivity contribution in [1.82, 2.24) is 0 Å². The van der Waals surface area contributed by atoms with Gasteiger partial charge >= 0.3 is 12.1 Å². The van der Waals surface area contributed by atoms with E-state index in [0.29, 0.717) is 10.6 Å². The third kappa shape index (κ3) is 4.82. The van der Waals surface area contributed by atoms with Gasteiger partial charge < -0.3 is 19.5 Å². The Morgan fingerprint density at radius 1 is 1.37 bits per heavy atom. The number of rotatable bonds is 4. The Morgan fingerprint density at radius 2 is 2.04 bits per heavy atom. The number of hydrogen-bond donors (Lipinski definition) is 1. The Hall–Kier alpha value is -2.49. The summed E-state index contributed by atoms with van der Waals surface area (Å²) < 4.78 is 49.8. The van der Waals surface area contributed by atoms with Crippen LogP contribution < -0.4 is 10.0 Å². The Balaban J connectivity index is 2.43.